The van der Waals surface area contributed by atoms with Gasteiger partial charge in [0.1, 0.15) is 5.69 Å². The highest BCUT2D eigenvalue weighted by molar-refractivity contribution is 5.92. The van der Waals surface area contributed by atoms with Crippen LogP contribution in [0.3, 0.4) is 0 Å². The van der Waals surface area contributed by atoms with E-state index in [0.717, 1.165) is 6.07 Å². The summed E-state index contributed by atoms with van der Waals surface area (Å²) in [6.45, 7) is 0.804. The molecular formula is C15H21N3O7. The van der Waals surface area contributed by atoms with Gasteiger partial charge in [-0.05, 0) is 12.1 Å². The number of rotatable bonds is 10. The maximum atomic E-state index is 12.1. The fourth-order valence-electron chi connectivity index (χ4n) is 1.89. The third kappa shape index (κ3) is 6.36. The molecule has 0 aromatic heterocycles. The number of benzene rings is 1. The normalized spacial score (nSPS) is 10.3. The fourth-order valence-corrected chi connectivity index (χ4v) is 1.89. The highest BCUT2D eigenvalue weighted by atomic mass is 16.6. The Morgan fingerprint density at radius 3 is 2.32 bits per heavy atom. The monoisotopic (exact) mass is 355 g/mol. The molecule has 0 spiro atoms. The molecule has 10 heteroatoms. The van der Waals surface area contributed by atoms with Crippen molar-refractivity contribution in [1.82, 2.24) is 4.90 Å². The topological polar surface area (TPSA) is 134 Å². The third-order valence-electron chi connectivity index (χ3n) is 3.27. The second-order valence-electron chi connectivity index (χ2n) is 4.97. The Morgan fingerprint density at radius 2 is 1.80 bits per heavy atom. The Kier molecular flexibility index (Phi) is 8.30. The molecule has 25 heavy (non-hydrogen) atoms. The Hall–Kier alpha value is -2.72. The molecule has 0 aliphatic heterocycles. The first-order valence-corrected chi connectivity index (χ1v) is 7.37. The molecule has 0 saturated carbocycles. The molecule has 2 N–H and O–H groups in total. The van der Waals surface area contributed by atoms with Gasteiger partial charge in [0.2, 0.25) is 0 Å². The first-order valence-electron chi connectivity index (χ1n) is 7.37. The minimum absolute atomic E-state index is 0.0611. The molecule has 0 aliphatic rings. The van der Waals surface area contributed by atoms with Crippen LogP contribution in [0.2, 0.25) is 0 Å². The number of hydrogen-bond acceptors (Lipinski definition) is 8. The van der Waals surface area contributed by atoms with Gasteiger partial charge in [0.25, 0.3) is 11.6 Å². The first kappa shape index (κ1) is 20.3. The van der Waals surface area contributed by atoms with Crippen molar-refractivity contribution in [2.45, 2.75) is 0 Å². The number of nitro benzene ring substituents is 1. The van der Waals surface area contributed by atoms with Crippen LogP contribution in [-0.2, 0) is 19.0 Å². The maximum Gasteiger partial charge on any atom is 0.338 e. The summed E-state index contributed by atoms with van der Waals surface area (Å²) in [6.07, 6.45) is 0. The summed E-state index contributed by atoms with van der Waals surface area (Å²) in [4.78, 5) is 35.7. The molecule has 0 bridgehead atoms. The van der Waals surface area contributed by atoms with Gasteiger partial charge in [-0.1, -0.05) is 0 Å². The molecule has 0 aliphatic carbocycles. The van der Waals surface area contributed by atoms with Crippen LogP contribution in [0.25, 0.3) is 0 Å². The Balaban J connectivity index is 2.68. The van der Waals surface area contributed by atoms with Gasteiger partial charge in [-0.25, -0.2) is 4.79 Å². The summed E-state index contributed by atoms with van der Waals surface area (Å²) in [5, 5.41) is 10.8. The minimum Gasteiger partial charge on any atom is -0.452 e. The van der Waals surface area contributed by atoms with E-state index in [9.17, 15) is 19.7 Å². The van der Waals surface area contributed by atoms with Gasteiger partial charge in [-0.3, -0.25) is 14.9 Å². The van der Waals surface area contributed by atoms with Crippen molar-refractivity contribution >= 4 is 23.3 Å². The molecular weight excluding hydrogens is 334 g/mol. The lowest BCUT2D eigenvalue weighted by Crippen LogP contribution is -2.39. The summed E-state index contributed by atoms with van der Waals surface area (Å²) >= 11 is 0. The van der Waals surface area contributed by atoms with Crippen LogP contribution >= 0.6 is 0 Å². The number of nitro groups is 1. The number of nitrogens with zero attached hydrogens (tertiary/aromatic N) is 2. The Labute approximate surface area is 144 Å². The number of methoxy groups -OCH3 is 2. The van der Waals surface area contributed by atoms with Crippen LogP contribution in [0.5, 0.6) is 0 Å². The smallest absolute Gasteiger partial charge is 0.338 e. The largest absolute Gasteiger partial charge is 0.452 e. The zero-order valence-corrected chi connectivity index (χ0v) is 14.1. The van der Waals surface area contributed by atoms with Crippen molar-refractivity contribution < 1.29 is 28.7 Å². The highest BCUT2D eigenvalue weighted by Crippen LogP contribution is 2.22. The summed E-state index contributed by atoms with van der Waals surface area (Å²) in [5.41, 5.74) is 4.94. The molecule has 1 amide bonds. The van der Waals surface area contributed by atoms with E-state index in [4.69, 9.17) is 19.9 Å². The predicted octanol–water partition coefficient (Wildman–Crippen LogP) is 0.455. The molecule has 10 nitrogen and oxygen atoms in total. The van der Waals surface area contributed by atoms with Crippen molar-refractivity contribution in [2.24, 2.45) is 0 Å². The average Bonchev–Trinajstić information content (AvgIpc) is 2.59. The average molecular weight is 355 g/mol. The predicted molar refractivity (Wildman–Crippen MR) is 88.1 cm³/mol. The Bertz CT molecular complexity index is 613. The van der Waals surface area contributed by atoms with E-state index in [1.54, 1.807) is 0 Å². The Morgan fingerprint density at radius 1 is 1.20 bits per heavy atom. The van der Waals surface area contributed by atoms with E-state index in [2.05, 4.69) is 0 Å². The van der Waals surface area contributed by atoms with Gasteiger partial charge in [0, 0.05) is 33.4 Å². The highest BCUT2D eigenvalue weighted by Gasteiger charge is 2.19. The van der Waals surface area contributed by atoms with E-state index >= 15 is 0 Å². The molecule has 0 radical (unpaired) electrons. The van der Waals surface area contributed by atoms with Crippen molar-refractivity contribution in [1.29, 1.82) is 0 Å². The van der Waals surface area contributed by atoms with Crippen LogP contribution in [0, 0.1) is 10.1 Å². The van der Waals surface area contributed by atoms with Crippen LogP contribution < -0.4 is 5.73 Å². The zero-order valence-electron chi connectivity index (χ0n) is 14.1. The molecule has 0 saturated heterocycles. The minimum atomic E-state index is -0.852. The SMILES string of the molecule is COCCN(CCOC)C(=O)COC(=O)c1ccc(N)c([N+](=O)[O-])c1. The van der Waals surface area contributed by atoms with Crippen LogP contribution in [0.4, 0.5) is 11.4 Å². The van der Waals surface area contributed by atoms with Gasteiger partial charge in [0.05, 0.1) is 23.7 Å². The van der Waals surface area contributed by atoms with Gasteiger partial charge < -0.3 is 24.8 Å². The lowest BCUT2D eigenvalue weighted by atomic mass is 10.2. The summed E-state index contributed by atoms with van der Waals surface area (Å²) in [7, 11) is 3.01. The first-order chi connectivity index (χ1) is 11.9. The van der Waals surface area contributed by atoms with Gasteiger partial charge in [-0.15, -0.1) is 0 Å². The quantitative estimate of drug-likeness (QED) is 0.277. The van der Waals surface area contributed by atoms with Crippen LogP contribution in [0.15, 0.2) is 18.2 Å². The second kappa shape index (κ2) is 10.2. The van der Waals surface area contributed by atoms with E-state index in [0.29, 0.717) is 26.3 Å². The molecule has 138 valence electrons. The lowest BCUT2D eigenvalue weighted by molar-refractivity contribution is -0.383. The number of anilines is 1. The molecule has 0 atom stereocenters. The molecule has 1 aromatic carbocycles. The standard InChI is InChI=1S/C15H21N3O7/c1-23-7-5-17(6-8-24-2)14(19)10-25-15(20)11-3-4-12(16)13(9-11)18(21)22/h3-4,9H,5-8,10,16H2,1-2H3. The number of carbonyl (C=O) groups excluding carboxylic acids is 2. The number of esters is 1. The summed E-state index contributed by atoms with van der Waals surface area (Å²) in [5.74, 6) is -1.28. The van der Waals surface area contributed by atoms with Crippen LogP contribution in [-0.4, -0.2) is 68.8 Å². The summed E-state index contributed by atoms with van der Waals surface area (Å²) in [6, 6.07) is 3.54. The number of nitrogens with two attached hydrogens (primary N) is 1. The van der Waals surface area contributed by atoms with E-state index in [-0.39, 0.29) is 11.3 Å². The number of hydrogen-bond donors (Lipinski definition) is 1. The second-order valence-corrected chi connectivity index (χ2v) is 4.97. The van der Waals surface area contributed by atoms with Crippen molar-refractivity contribution in [3.63, 3.8) is 0 Å². The molecule has 1 aromatic rings. The van der Waals surface area contributed by atoms with E-state index in [1.165, 1.54) is 31.3 Å². The van der Waals surface area contributed by atoms with E-state index < -0.39 is 29.1 Å². The number of carbonyl (C=O) groups is 2. The number of nitrogen functional groups attached to an aromatic ring is 1. The van der Waals surface area contributed by atoms with Crippen molar-refractivity contribution in [3.8, 4) is 0 Å². The fraction of sp³-hybridized carbons (Fsp3) is 0.467. The van der Waals surface area contributed by atoms with Gasteiger partial charge in [-0.2, -0.15) is 0 Å². The zero-order chi connectivity index (χ0) is 18.8. The number of amides is 1. The van der Waals surface area contributed by atoms with Crippen molar-refractivity contribution in [2.75, 3.05) is 52.9 Å². The van der Waals surface area contributed by atoms with Gasteiger partial charge in [0.15, 0.2) is 6.61 Å². The maximum absolute atomic E-state index is 12.1. The molecule has 1 rings (SSSR count). The van der Waals surface area contributed by atoms with Crippen molar-refractivity contribution in [3.05, 3.63) is 33.9 Å². The molecule has 0 heterocycles. The third-order valence-corrected chi connectivity index (χ3v) is 3.27. The van der Waals surface area contributed by atoms with E-state index in [1.807, 2.05) is 0 Å². The number of ether oxygens (including phenoxy) is 3. The van der Waals surface area contributed by atoms with Crippen LogP contribution in [0.1, 0.15) is 10.4 Å². The lowest BCUT2D eigenvalue weighted by Gasteiger charge is -2.21. The molecule has 0 fully saturated rings. The molecule has 0 unspecified atom stereocenters. The van der Waals surface area contributed by atoms with Gasteiger partial charge >= 0.3 is 5.97 Å². The summed E-state index contributed by atoms with van der Waals surface area (Å²) < 4.78 is 14.8.